The van der Waals surface area contributed by atoms with E-state index in [0.717, 1.165) is 0 Å². The molecule has 0 saturated carbocycles. The summed E-state index contributed by atoms with van der Waals surface area (Å²) in [4.78, 5) is 13.9. The fraction of sp³-hybridized carbons (Fsp3) is 0.857. The van der Waals surface area contributed by atoms with Gasteiger partial charge in [-0.2, -0.15) is 0 Å². The quantitative estimate of drug-likeness (QED) is 0.489. The Morgan fingerprint density at radius 2 is 2.54 bits per heavy atom. The maximum absolute atomic E-state index is 10.1. The number of hydrogen-bond donors (Lipinski definition) is 1. The first-order chi connectivity index (χ1) is 6.18. The molecule has 6 heteroatoms. The van der Waals surface area contributed by atoms with Crippen LogP contribution in [0.3, 0.4) is 0 Å². The van der Waals surface area contributed by atoms with Crippen LogP contribution < -0.4 is 5.73 Å². The molecule has 1 aliphatic rings. The molecule has 0 spiro atoms. The Labute approximate surface area is 75.9 Å². The smallest absolute Gasteiger partial charge is 0.206 e. The number of nitrogens with two attached hydrogens (primary N) is 1. The minimum absolute atomic E-state index is 0.0786. The molecule has 0 radical (unpaired) electrons. The van der Waals surface area contributed by atoms with Gasteiger partial charge in [0.25, 0.3) is 0 Å². The molecule has 1 atom stereocenters. The molecule has 1 rings (SSSR count). The van der Waals surface area contributed by atoms with Gasteiger partial charge in [-0.1, -0.05) is 0 Å². The van der Waals surface area contributed by atoms with Gasteiger partial charge in [-0.3, -0.25) is 15.1 Å². The summed E-state index contributed by atoms with van der Waals surface area (Å²) in [6.45, 7) is 0.920. The third-order valence-electron chi connectivity index (χ3n) is 1.81. The van der Waals surface area contributed by atoms with Gasteiger partial charge in [0, 0.05) is 17.8 Å². The molecule has 0 aromatic rings. The van der Waals surface area contributed by atoms with Crippen LogP contribution in [0.4, 0.5) is 0 Å². The zero-order valence-electron chi connectivity index (χ0n) is 7.31. The van der Waals surface area contributed by atoms with Gasteiger partial charge >= 0.3 is 0 Å². The van der Waals surface area contributed by atoms with E-state index in [1.165, 1.54) is 0 Å². The number of ether oxygens (including phenoxy) is 1. The van der Waals surface area contributed by atoms with Crippen LogP contribution in [0.5, 0.6) is 0 Å². The number of nitrogens with zero attached hydrogens (tertiary/aromatic N) is 2. The van der Waals surface area contributed by atoms with Crippen LogP contribution in [-0.2, 0) is 4.74 Å². The Morgan fingerprint density at radius 3 is 3.23 bits per heavy atom. The summed E-state index contributed by atoms with van der Waals surface area (Å²) in [5.74, 6) is 0.533. The SMILES string of the molecule is NC1=NC(CC[N+](=O)[O-])COCC1. The molecule has 1 heterocycles. The van der Waals surface area contributed by atoms with Crippen molar-refractivity contribution in [3.63, 3.8) is 0 Å². The Morgan fingerprint density at radius 1 is 1.77 bits per heavy atom. The summed E-state index contributed by atoms with van der Waals surface area (Å²) in [5, 5.41) is 10.1. The molecule has 1 aliphatic heterocycles. The van der Waals surface area contributed by atoms with E-state index >= 15 is 0 Å². The van der Waals surface area contributed by atoms with Crippen LogP contribution >= 0.6 is 0 Å². The standard InChI is InChI=1S/C7H13N3O3/c8-7-2-4-13-5-6(9-7)1-3-10(11)12/h6H,1-5H2,(H2,8,9). The molecule has 74 valence electrons. The highest BCUT2D eigenvalue weighted by Crippen LogP contribution is 2.04. The lowest BCUT2D eigenvalue weighted by Gasteiger charge is -2.06. The van der Waals surface area contributed by atoms with E-state index in [2.05, 4.69) is 4.99 Å². The van der Waals surface area contributed by atoms with Gasteiger partial charge in [-0.05, 0) is 0 Å². The molecule has 6 nitrogen and oxygen atoms in total. The molecule has 2 N–H and O–H groups in total. The van der Waals surface area contributed by atoms with E-state index in [4.69, 9.17) is 10.5 Å². The molecule has 0 aromatic heterocycles. The van der Waals surface area contributed by atoms with Crippen molar-refractivity contribution in [1.29, 1.82) is 0 Å². The van der Waals surface area contributed by atoms with Crippen LogP contribution in [0.25, 0.3) is 0 Å². The van der Waals surface area contributed by atoms with E-state index in [9.17, 15) is 10.1 Å². The van der Waals surface area contributed by atoms with E-state index in [-0.39, 0.29) is 17.5 Å². The van der Waals surface area contributed by atoms with Crippen LogP contribution in [0, 0.1) is 10.1 Å². The lowest BCUT2D eigenvalue weighted by molar-refractivity contribution is -0.480. The Hall–Kier alpha value is -1.17. The minimum Gasteiger partial charge on any atom is -0.387 e. The topological polar surface area (TPSA) is 90.8 Å². The molecule has 0 saturated heterocycles. The molecule has 1 unspecified atom stereocenters. The zero-order chi connectivity index (χ0) is 9.68. The summed E-state index contributed by atoms with van der Waals surface area (Å²) in [6, 6.07) is -0.145. The first-order valence-electron chi connectivity index (χ1n) is 4.20. The van der Waals surface area contributed by atoms with Crippen molar-refractivity contribution in [1.82, 2.24) is 0 Å². The van der Waals surface area contributed by atoms with Crippen molar-refractivity contribution < 1.29 is 9.66 Å². The van der Waals surface area contributed by atoms with Gasteiger partial charge < -0.3 is 10.5 Å². The van der Waals surface area contributed by atoms with Crippen molar-refractivity contribution in [2.75, 3.05) is 19.8 Å². The van der Waals surface area contributed by atoms with Crippen molar-refractivity contribution in [3.8, 4) is 0 Å². The molecule has 0 aliphatic carbocycles. The Balaban J connectivity index is 2.38. The minimum atomic E-state index is -0.351. The molecule has 13 heavy (non-hydrogen) atoms. The maximum Gasteiger partial charge on any atom is 0.206 e. The molecule has 0 bridgehead atoms. The number of amidine groups is 1. The predicted octanol–water partition coefficient (Wildman–Crippen LogP) is -0.201. The van der Waals surface area contributed by atoms with Gasteiger partial charge in [0.15, 0.2) is 0 Å². The van der Waals surface area contributed by atoms with Crippen LogP contribution in [0.15, 0.2) is 4.99 Å². The van der Waals surface area contributed by atoms with Crippen molar-refractivity contribution in [2.45, 2.75) is 18.9 Å². The monoisotopic (exact) mass is 187 g/mol. The first kappa shape index (κ1) is 9.91. The van der Waals surface area contributed by atoms with E-state index in [1.54, 1.807) is 0 Å². The molecule has 0 aromatic carbocycles. The summed E-state index contributed by atoms with van der Waals surface area (Å²) in [6.07, 6.45) is 1.02. The lowest BCUT2D eigenvalue weighted by Crippen LogP contribution is -2.19. The number of aliphatic imine (C=N–C) groups is 1. The fourth-order valence-electron chi connectivity index (χ4n) is 1.13. The van der Waals surface area contributed by atoms with Gasteiger partial charge in [0.05, 0.1) is 25.1 Å². The Bertz CT molecular complexity index is 217. The van der Waals surface area contributed by atoms with Crippen LogP contribution in [0.2, 0.25) is 0 Å². The van der Waals surface area contributed by atoms with Gasteiger partial charge in [-0.15, -0.1) is 0 Å². The van der Waals surface area contributed by atoms with Gasteiger partial charge in [-0.25, -0.2) is 0 Å². The van der Waals surface area contributed by atoms with Crippen molar-refractivity contribution in [3.05, 3.63) is 10.1 Å². The summed E-state index contributed by atoms with van der Waals surface area (Å²) in [5.41, 5.74) is 5.53. The second-order valence-electron chi connectivity index (χ2n) is 2.94. The fourth-order valence-corrected chi connectivity index (χ4v) is 1.13. The molecular formula is C7H13N3O3. The highest BCUT2D eigenvalue weighted by molar-refractivity contribution is 5.80. The lowest BCUT2D eigenvalue weighted by atomic mass is 10.2. The number of rotatable bonds is 3. The number of nitro groups is 1. The second kappa shape index (κ2) is 4.76. The highest BCUT2D eigenvalue weighted by Gasteiger charge is 2.14. The van der Waals surface area contributed by atoms with Gasteiger partial charge in [0.1, 0.15) is 0 Å². The van der Waals surface area contributed by atoms with E-state index in [0.29, 0.717) is 31.9 Å². The molecule has 0 amide bonds. The first-order valence-corrected chi connectivity index (χ1v) is 4.20. The molecule has 0 fully saturated rings. The summed E-state index contributed by atoms with van der Waals surface area (Å²) >= 11 is 0. The predicted molar refractivity (Wildman–Crippen MR) is 47.3 cm³/mol. The van der Waals surface area contributed by atoms with E-state index < -0.39 is 0 Å². The zero-order valence-corrected chi connectivity index (χ0v) is 7.31. The average Bonchev–Trinajstić information content (AvgIpc) is 2.26. The van der Waals surface area contributed by atoms with Crippen molar-refractivity contribution >= 4 is 5.84 Å². The largest absolute Gasteiger partial charge is 0.387 e. The van der Waals surface area contributed by atoms with E-state index in [1.807, 2.05) is 0 Å². The number of hydrogen-bond acceptors (Lipinski definition) is 5. The molecular weight excluding hydrogens is 174 g/mol. The van der Waals surface area contributed by atoms with Crippen molar-refractivity contribution in [2.24, 2.45) is 10.7 Å². The second-order valence-corrected chi connectivity index (χ2v) is 2.94. The third kappa shape index (κ3) is 3.84. The summed E-state index contributed by atoms with van der Waals surface area (Å²) in [7, 11) is 0. The van der Waals surface area contributed by atoms with Gasteiger partial charge in [0.2, 0.25) is 6.54 Å². The summed E-state index contributed by atoms with van der Waals surface area (Å²) < 4.78 is 5.19. The van der Waals surface area contributed by atoms with Crippen LogP contribution in [0.1, 0.15) is 12.8 Å². The normalized spacial score (nSPS) is 23.4. The maximum atomic E-state index is 10.1. The third-order valence-corrected chi connectivity index (χ3v) is 1.81. The average molecular weight is 187 g/mol. The van der Waals surface area contributed by atoms with Crippen LogP contribution in [-0.4, -0.2) is 36.6 Å². The Kier molecular flexibility index (Phi) is 3.63. The highest BCUT2D eigenvalue weighted by atomic mass is 16.6.